The van der Waals surface area contributed by atoms with Crippen LogP contribution in [0.5, 0.6) is 0 Å². The number of anilines is 1. The number of benzene rings is 1. The van der Waals surface area contributed by atoms with E-state index in [1.807, 2.05) is 31.2 Å². The van der Waals surface area contributed by atoms with E-state index in [0.29, 0.717) is 17.1 Å². The predicted molar refractivity (Wildman–Crippen MR) is 100 cm³/mol. The van der Waals surface area contributed by atoms with Crippen molar-refractivity contribution in [3.05, 3.63) is 82.2 Å². The highest BCUT2D eigenvalue weighted by Crippen LogP contribution is 2.41. The zero-order valence-corrected chi connectivity index (χ0v) is 15.6. The van der Waals surface area contributed by atoms with Gasteiger partial charge >= 0.3 is 0 Å². The van der Waals surface area contributed by atoms with E-state index >= 15 is 0 Å². The molecule has 1 aromatic carbocycles. The highest BCUT2D eigenvalue weighted by atomic mass is 16.5. The molecule has 0 bridgehead atoms. The number of carbonyl (C=O) groups is 2. The van der Waals surface area contributed by atoms with Crippen LogP contribution in [-0.2, 0) is 4.79 Å². The number of aromatic nitrogens is 1. The van der Waals surface area contributed by atoms with Crippen LogP contribution < -0.4 is 4.90 Å². The van der Waals surface area contributed by atoms with Gasteiger partial charge in [-0.15, -0.1) is 0 Å². The summed E-state index contributed by atoms with van der Waals surface area (Å²) in [5.41, 5.74) is 1.64. The Balaban J connectivity index is 1.87. The van der Waals surface area contributed by atoms with Crippen LogP contribution in [0.4, 0.5) is 5.82 Å². The molecule has 0 fully saturated rings. The Labute approximate surface area is 160 Å². The summed E-state index contributed by atoms with van der Waals surface area (Å²) in [6.07, 6.45) is 0. The molecule has 1 aliphatic heterocycles. The van der Waals surface area contributed by atoms with E-state index in [1.165, 1.54) is 11.0 Å². The van der Waals surface area contributed by atoms with Crippen LogP contribution in [0, 0.1) is 20.8 Å². The lowest BCUT2D eigenvalue weighted by Crippen LogP contribution is -2.31. The fraction of sp³-hybridized carbons (Fsp3) is 0.190. The molecule has 1 amide bonds. The summed E-state index contributed by atoms with van der Waals surface area (Å²) in [6.45, 7) is 5.35. The van der Waals surface area contributed by atoms with Gasteiger partial charge in [0.1, 0.15) is 11.5 Å². The Hall–Kier alpha value is -3.61. The van der Waals surface area contributed by atoms with Crippen molar-refractivity contribution in [2.45, 2.75) is 26.8 Å². The van der Waals surface area contributed by atoms with Gasteiger partial charge in [-0.2, -0.15) is 0 Å². The average molecular weight is 378 g/mol. The summed E-state index contributed by atoms with van der Waals surface area (Å²) in [4.78, 5) is 27.2. The number of aliphatic hydroxyl groups excluding tert-OH is 1. The van der Waals surface area contributed by atoms with Gasteiger partial charge in [-0.3, -0.25) is 14.5 Å². The van der Waals surface area contributed by atoms with Crippen LogP contribution in [0.2, 0.25) is 0 Å². The topological polar surface area (TPSA) is 96.8 Å². The molecule has 142 valence electrons. The summed E-state index contributed by atoms with van der Waals surface area (Å²) in [7, 11) is 0. The Bertz CT molecular complexity index is 1100. The van der Waals surface area contributed by atoms with Crippen molar-refractivity contribution < 1.29 is 23.6 Å². The SMILES string of the molecule is Cc1ccc(C2C(C(=O)c3ccc(C)o3)=C(O)C(=O)N2c2cc(C)on2)cc1. The summed E-state index contributed by atoms with van der Waals surface area (Å²) in [6, 6.07) is 11.3. The molecule has 1 unspecified atom stereocenters. The van der Waals surface area contributed by atoms with Crippen LogP contribution >= 0.6 is 0 Å². The molecule has 1 N–H and O–H groups in total. The van der Waals surface area contributed by atoms with Gasteiger partial charge in [0.25, 0.3) is 5.91 Å². The van der Waals surface area contributed by atoms with Gasteiger partial charge in [-0.25, -0.2) is 0 Å². The van der Waals surface area contributed by atoms with Crippen LogP contribution in [0.25, 0.3) is 0 Å². The molecule has 0 saturated carbocycles. The van der Waals surface area contributed by atoms with Crippen molar-refractivity contribution >= 4 is 17.5 Å². The highest BCUT2D eigenvalue weighted by Gasteiger charge is 2.46. The van der Waals surface area contributed by atoms with E-state index in [9.17, 15) is 14.7 Å². The van der Waals surface area contributed by atoms with Crippen LogP contribution in [0.15, 0.2) is 62.7 Å². The Morgan fingerprint density at radius 1 is 1.07 bits per heavy atom. The zero-order valence-electron chi connectivity index (χ0n) is 15.6. The molecule has 1 aliphatic rings. The number of aryl methyl sites for hydroxylation is 3. The fourth-order valence-corrected chi connectivity index (χ4v) is 3.29. The standard InChI is InChI=1S/C21H18N2O5/c1-11-4-7-14(8-5-11)18-17(19(24)15-9-6-12(2)27-15)20(25)21(26)23(18)16-10-13(3)28-22-16/h4-10,18,25H,1-3H3. The van der Waals surface area contributed by atoms with Crippen molar-refractivity contribution in [3.63, 3.8) is 0 Å². The zero-order chi connectivity index (χ0) is 20.0. The third-order valence-corrected chi connectivity index (χ3v) is 4.67. The monoisotopic (exact) mass is 378 g/mol. The first-order valence-electron chi connectivity index (χ1n) is 8.74. The molecular weight excluding hydrogens is 360 g/mol. The molecule has 3 aromatic rings. The van der Waals surface area contributed by atoms with E-state index in [4.69, 9.17) is 8.94 Å². The van der Waals surface area contributed by atoms with Gasteiger partial charge in [0.15, 0.2) is 17.3 Å². The molecule has 0 saturated heterocycles. The molecule has 0 aliphatic carbocycles. The van der Waals surface area contributed by atoms with Crippen molar-refractivity contribution in [3.8, 4) is 0 Å². The van der Waals surface area contributed by atoms with Crippen molar-refractivity contribution in [2.24, 2.45) is 0 Å². The predicted octanol–water partition coefficient (Wildman–Crippen LogP) is 3.98. The first kappa shape index (κ1) is 17.8. The van der Waals surface area contributed by atoms with Crippen LogP contribution in [0.1, 0.15) is 39.2 Å². The first-order valence-corrected chi connectivity index (χ1v) is 8.74. The normalized spacial score (nSPS) is 16.9. The maximum atomic E-state index is 13.1. The second kappa shape index (κ2) is 6.53. The number of hydrogen-bond acceptors (Lipinski definition) is 6. The average Bonchev–Trinajstić information content (AvgIpc) is 3.35. The Morgan fingerprint density at radius 3 is 2.36 bits per heavy atom. The van der Waals surface area contributed by atoms with E-state index < -0.39 is 23.5 Å². The number of aliphatic hydroxyl groups is 1. The van der Waals surface area contributed by atoms with Gasteiger partial charge in [-0.05, 0) is 38.5 Å². The molecule has 7 heteroatoms. The number of furan rings is 1. The molecule has 0 spiro atoms. The molecular formula is C21H18N2O5. The number of ketones is 1. The molecule has 1 atom stereocenters. The maximum absolute atomic E-state index is 13.1. The molecule has 28 heavy (non-hydrogen) atoms. The summed E-state index contributed by atoms with van der Waals surface area (Å²) >= 11 is 0. The molecule has 2 aromatic heterocycles. The molecule has 3 heterocycles. The van der Waals surface area contributed by atoms with Crippen molar-refractivity contribution in [2.75, 3.05) is 4.90 Å². The lowest BCUT2D eigenvalue weighted by molar-refractivity contribution is -0.117. The van der Waals surface area contributed by atoms with Crippen LogP contribution in [0.3, 0.4) is 0 Å². The van der Waals surface area contributed by atoms with Gasteiger partial charge in [-0.1, -0.05) is 35.0 Å². The number of amides is 1. The third kappa shape index (κ3) is 2.81. The summed E-state index contributed by atoms with van der Waals surface area (Å²) in [5, 5.41) is 14.5. The summed E-state index contributed by atoms with van der Waals surface area (Å²) < 4.78 is 10.5. The number of nitrogens with zero attached hydrogens (tertiary/aromatic N) is 2. The van der Waals surface area contributed by atoms with E-state index in [2.05, 4.69) is 5.16 Å². The highest BCUT2D eigenvalue weighted by molar-refractivity contribution is 6.19. The number of hydrogen-bond donors (Lipinski definition) is 1. The minimum atomic E-state index is -0.851. The smallest absolute Gasteiger partial charge is 0.295 e. The largest absolute Gasteiger partial charge is 0.503 e. The molecule has 7 nitrogen and oxygen atoms in total. The maximum Gasteiger partial charge on any atom is 0.295 e. The van der Waals surface area contributed by atoms with Gasteiger partial charge < -0.3 is 14.0 Å². The third-order valence-electron chi connectivity index (χ3n) is 4.67. The Morgan fingerprint density at radius 2 is 1.79 bits per heavy atom. The minimum Gasteiger partial charge on any atom is -0.503 e. The number of carbonyl (C=O) groups excluding carboxylic acids is 2. The molecule has 4 rings (SSSR count). The number of rotatable bonds is 4. The fourth-order valence-electron chi connectivity index (χ4n) is 3.29. The quantitative estimate of drug-likeness (QED) is 0.690. The van der Waals surface area contributed by atoms with Gasteiger partial charge in [0.2, 0.25) is 5.78 Å². The van der Waals surface area contributed by atoms with Gasteiger partial charge in [0.05, 0.1) is 11.6 Å². The van der Waals surface area contributed by atoms with Gasteiger partial charge in [0, 0.05) is 6.07 Å². The molecule has 0 radical (unpaired) electrons. The van der Waals surface area contributed by atoms with Crippen molar-refractivity contribution in [1.82, 2.24) is 5.16 Å². The lowest BCUT2D eigenvalue weighted by Gasteiger charge is -2.24. The van der Waals surface area contributed by atoms with E-state index in [-0.39, 0.29) is 17.2 Å². The minimum absolute atomic E-state index is 0.0520. The Kier molecular flexibility index (Phi) is 4.15. The number of Topliss-reactive ketones (excluding diaryl/α,β-unsaturated/α-hetero) is 1. The van der Waals surface area contributed by atoms with E-state index in [1.54, 1.807) is 26.0 Å². The lowest BCUT2D eigenvalue weighted by atomic mass is 9.94. The summed E-state index contributed by atoms with van der Waals surface area (Å²) in [5.74, 6) is -0.543. The second-order valence-electron chi connectivity index (χ2n) is 6.79. The second-order valence-corrected chi connectivity index (χ2v) is 6.79. The van der Waals surface area contributed by atoms with Crippen molar-refractivity contribution in [1.29, 1.82) is 0 Å². The first-order chi connectivity index (χ1) is 13.4. The van der Waals surface area contributed by atoms with E-state index in [0.717, 1.165) is 5.56 Å². The van der Waals surface area contributed by atoms with Crippen LogP contribution in [-0.4, -0.2) is 22.0 Å².